The van der Waals surface area contributed by atoms with Crippen LogP contribution in [-0.2, 0) is 16.1 Å². The van der Waals surface area contributed by atoms with Crippen LogP contribution >= 0.6 is 15.9 Å². The minimum absolute atomic E-state index is 0.0169. The van der Waals surface area contributed by atoms with Gasteiger partial charge in [0.2, 0.25) is 0 Å². The molecule has 1 aromatic heterocycles. The maximum atomic E-state index is 11.5. The lowest BCUT2D eigenvalue weighted by molar-refractivity contribution is -0.144. The third-order valence-electron chi connectivity index (χ3n) is 2.71. The molecule has 0 spiro atoms. The van der Waals surface area contributed by atoms with E-state index in [2.05, 4.69) is 15.9 Å². The number of cyclic esters (lactones) is 1. The molecule has 0 bridgehead atoms. The number of furan rings is 1. The number of rotatable bonds is 3. The highest BCUT2D eigenvalue weighted by Crippen LogP contribution is 2.22. The minimum atomic E-state index is -0.154. The Morgan fingerprint density at radius 1 is 1.56 bits per heavy atom. The normalized spacial score (nSPS) is 25.1. The summed E-state index contributed by atoms with van der Waals surface area (Å²) in [7, 11) is 1.90. The highest BCUT2D eigenvalue weighted by molar-refractivity contribution is 9.10. The summed E-state index contributed by atoms with van der Waals surface area (Å²) < 4.78 is 11.2. The van der Waals surface area contributed by atoms with Crippen LogP contribution in [0.2, 0.25) is 0 Å². The molecule has 1 aliphatic rings. The zero-order valence-electron chi connectivity index (χ0n) is 9.27. The number of likely N-dealkylation sites (N-methyl/N-ethyl adjacent to an activating group) is 1. The fraction of sp³-hybridized carbons (Fsp3) is 0.545. The van der Waals surface area contributed by atoms with Gasteiger partial charge in [0.15, 0.2) is 4.67 Å². The summed E-state index contributed by atoms with van der Waals surface area (Å²) in [6.07, 6.45) is 0.764. The van der Waals surface area contributed by atoms with Crippen molar-refractivity contribution in [1.82, 2.24) is 4.90 Å². The van der Waals surface area contributed by atoms with E-state index >= 15 is 0 Å². The van der Waals surface area contributed by atoms with Gasteiger partial charge in [-0.05, 0) is 42.0 Å². The van der Waals surface area contributed by atoms with Gasteiger partial charge in [-0.1, -0.05) is 0 Å². The average Bonchev–Trinajstić information content (AvgIpc) is 2.73. The average molecular weight is 288 g/mol. The number of esters is 1. The summed E-state index contributed by atoms with van der Waals surface area (Å²) in [6.45, 7) is 2.52. The van der Waals surface area contributed by atoms with Crippen molar-refractivity contribution in [2.45, 2.75) is 32.0 Å². The second kappa shape index (κ2) is 4.59. The zero-order chi connectivity index (χ0) is 11.7. The topological polar surface area (TPSA) is 42.7 Å². The number of nitrogens with zero attached hydrogens (tertiary/aromatic N) is 1. The van der Waals surface area contributed by atoms with E-state index < -0.39 is 0 Å². The van der Waals surface area contributed by atoms with Gasteiger partial charge in [-0.3, -0.25) is 9.69 Å². The molecule has 0 amide bonds. The molecule has 1 aliphatic heterocycles. The highest BCUT2D eigenvalue weighted by Gasteiger charge is 2.34. The van der Waals surface area contributed by atoms with E-state index in [0.717, 1.165) is 12.2 Å². The molecular formula is C11H14BrNO3. The maximum Gasteiger partial charge on any atom is 0.323 e. The van der Waals surface area contributed by atoms with Gasteiger partial charge in [0.25, 0.3) is 0 Å². The van der Waals surface area contributed by atoms with Gasteiger partial charge in [-0.15, -0.1) is 0 Å². The number of ether oxygens (including phenoxy) is 1. The van der Waals surface area contributed by atoms with Gasteiger partial charge in [-0.2, -0.15) is 0 Å². The second-order valence-corrected chi connectivity index (χ2v) is 4.90. The Morgan fingerprint density at radius 2 is 2.31 bits per heavy atom. The van der Waals surface area contributed by atoms with E-state index in [0.29, 0.717) is 11.2 Å². The SMILES string of the molecule is C[C@@H]1C[C@H](N(C)Cc2ccc(Br)o2)C(=O)O1. The van der Waals surface area contributed by atoms with Gasteiger partial charge in [0.05, 0.1) is 6.54 Å². The zero-order valence-corrected chi connectivity index (χ0v) is 10.9. The Balaban J connectivity index is 1.98. The van der Waals surface area contributed by atoms with E-state index in [-0.39, 0.29) is 18.1 Å². The van der Waals surface area contributed by atoms with Crippen LogP contribution in [0.1, 0.15) is 19.1 Å². The molecule has 2 atom stereocenters. The quantitative estimate of drug-likeness (QED) is 0.800. The fourth-order valence-electron chi connectivity index (χ4n) is 1.89. The van der Waals surface area contributed by atoms with E-state index in [1.807, 2.05) is 31.0 Å². The van der Waals surface area contributed by atoms with Crippen LogP contribution in [0.4, 0.5) is 0 Å². The number of carbonyl (C=O) groups excluding carboxylic acids is 1. The van der Waals surface area contributed by atoms with Gasteiger partial charge in [-0.25, -0.2) is 0 Å². The highest BCUT2D eigenvalue weighted by atomic mass is 79.9. The summed E-state index contributed by atoms with van der Waals surface area (Å²) in [5, 5.41) is 0. The van der Waals surface area contributed by atoms with Crippen LogP contribution < -0.4 is 0 Å². The Morgan fingerprint density at radius 3 is 2.81 bits per heavy atom. The molecular weight excluding hydrogens is 274 g/mol. The van der Waals surface area contributed by atoms with Gasteiger partial charge in [0.1, 0.15) is 17.9 Å². The Bertz CT molecular complexity index is 390. The maximum absolute atomic E-state index is 11.5. The standard InChI is InChI=1S/C11H14BrNO3/c1-7-5-9(11(14)15-7)13(2)6-8-3-4-10(12)16-8/h3-4,7,9H,5-6H2,1-2H3/t7-,9+/m1/s1. The molecule has 88 valence electrons. The van der Waals surface area contributed by atoms with Crippen LogP contribution in [0, 0.1) is 0 Å². The minimum Gasteiger partial charge on any atom is -0.461 e. The third kappa shape index (κ3) is 2.47. The summed E-state index contributed by atoms with van der Waals surface area (Å²) in [4.78, 5) is 13.5. The molecule has 0 unspecified atom stereocenters. The van der Waals surface area contributed by atoms with Crippen molar-refractivity contribution < 1.29 is 13.9 Å². The van der Waals surface area contributed by atoms with Crippen molar-refractivity contribution in [3.63, 3.8) is 0 Å². The van der Waals surface area contributed by atoms with Crippen molar-refractivity contribution in [3.8, 4) is 0 Å². The van der Waals surface area contributed by atoms with Crippen LogP contribution in [-0.4, -0.2) is 30.1 Å². The van der Waals surface area contributed by atoms with Gasteiger partial charge in [0, 0.05) is 6.42 Å². The summed E-state index contributed by atoms with van der Waals surface area (Å²) in [5.41, 5.74) is 0. The number of halogens is 1. The first-order valence-corrected chi connectivity index (χ1v) is 6.00. The molecule has 1 aromatic rings. The van der Waals surface area contributed by atoms with Crippen molar-refractivity contribution in [2.24, 2.45) is 0 Å². The summed E-state index contributed by atoms with van der Waals surface area (Å²) >= 11 is 3.25. The molecule has 2 heterocycles. The lowest BCUT2D eigenvalue weighted by Gasteiger charge is -2.19. The Hall–Kier alpha value is -0.810. The van der Waals surface area contributed by atoms with Crippen LogP contribution in [0.5, 0.6) is 0 Å². The molecule has 1 fully saturated rings. The Labute approximate surface area is 103 Å². The van der Waals surface area contributed by atoms with Crippen LogP contribution in [0.25, 0.3) is 0 Å². The Kier molecular flexibility index (Phi) is 3.35. The molecule has 1 saturated heterocycles. The van der Waals surface area contributed by atoms with Crippen molar-refractivity contribution in [1.29, 1.82) is 0 Å². The first kappa shape index (κ1) is 11.7. The first-order valence-electron chi connectivity index (χ1n) is 5.21. The molecule has 0 aliphatic carbocycles. The van der Waals surface area contributed by atoms with Crippen molar-refractivity contribution >= 4 is 21.9 Å². The molecule has 0 aromatic carbocycles. The second-order valence-electron chi connectivity index (χ2n) is 4.12. The van der Waals surface area contributed by atoms with E-state index in [1.165, 1.54) is 0 Å². The van der Waals surface area contributed by atoms with E-state index in [1.54, 1.807) is 0 Å². The first-order chi connectivity index (χ1) is 7.56. The lowest BCUT2D eigenvalue weighted by Crippen LogP contribution is -2.34. The predicted octanol–water partition coefficient (Wildman–Crippen LogP) is 2.18. The number of hydrogen-bond acceptors (Lipinski definition) is 4. The largest absolute Gasteiger partial charge is 0.461 e. The fourth-order valence-corrected chi connectivity index (χ4v) is 2.23. The molecule has 16 heavy (non-hydrogen) atoms. The molecule has 5 heteroatoms. The van der Waals surface area contributed by atoms with Gasteiger partial charge >= 0.3 is 5.97 Å². The monoisotopic (exact) mass is 287 g/mol. The van der Waals surface area contributed by atoms with E-state index in [9.17, 15) is 4.79 Å². The van der Waals surface area contributed by atoms with Crippen LogP contribution in [0.3, 0.4) is 0 Å². The molecule has 0 saturated carbocycles. The smallest absolute Gasteiger partial charge is 0.323 e. The van der Waals surface area contributed by atoms with Gasteiger partial charge < -0.3 is 9.15 Å². The predicted molar refractivity (Wildman–Crippen MR) is 61.8 cm³/mol. The summed E-state index contributed by atoms with van der Waals surface area (Å²) in [5.74, 6) is 0.697. The van der Waals surface area contributed by atoms with Crippen LogP contribution in [0.15, 0.2) is 21.2 Å². The number of hydrogen-bond donors (Lipinski definition) is 0. The molecule has 0 radical (unpaired) electrons. The lowest BCUT2D eigenvalue weighted by atomic mass is 10.1. The third-order valence-corrected chi connectivity index (χ3v) is 3.14. The van der Waals surface area contributed by atoms with Crippen molar-refractivity contribution in [3.05, 3.63) is 22.6 Å². The van der Waals surface area contributed by atoms with Crippen molar-refractivity contribution in [2.75, 3.05) is 7.05 Å². The van der Waals surface area contributed by atoms with E-state index in [4.69, 9.17) is 9.15 Å². The molecule has 0 N–H and O–H groups in total. The molecule has 2 rings (SSSR count). The molecule has 4 nitrogen and oxygen atoms in total. The summed E-state index contributed by atoms with van der Waals surface area (Å²) in [6, 6.07) is 3.59. The number of carbonyl (C=O) groups is 1.